The van der Waals surface area contributed by atoms with Gasteiger partial charge in [-0.05, 0) is 48.4 Å². The Kier molecular flexibility index (Phi) is 6.13. The highest BCUT2D eigenvalue weighted by Crippen LogP contribution is 2.43. The number of hydrogen-bond acceptors (Lipinski definition) is 6. The van der Waals surface area contributed by atoms with Crippen LogP contribution in [0.25, 0.3) is 5.76 Å². The monoisotopic (exact) mass is 444 g/mol. The van der Waals surface area contributed by atoms with Crippen molar-refractivity contribution in [2.75, 3.05) is 14.2 Å². The van der Waals surface area contributed by atoms with E-state index in [-0.39, 0.29) is 17.9 Å². The quantitative estimate of drug-likeness (QED) is 0.351. The third-order valence-corrected chi connectivity index (χ3v) is 5.74. The molecular weight excluding hydrogens is 420 g/mol. The van der Waals surface area contributed by atoms with Crippen LogP contribution in [0.5, 0.6) is 11.5 Å². The van der Waals surface area contributed by atoms with Crippen molar-refractivity contribution in [3.05, 3.63) is 94.8 Å². The van der Waals surface area contributed by atoms with E-state index in [4.69, 9.17) is 9.47 Å². The molecule has 1 aliphatic rings. The summed E-state index contributed by atoms with van der Waals surface area (Å²) in [6.45, 7) is 1.96. The van der Waals surface area contributed by atoms with Gasteiger partial charge in [-0.1, -0.05) is 24.3 Å². The number of aryl methyl sites for hydroxylation is 1. The summed E-state index contributed by atoms with van der Waals surface area (Å²) in [6, 6.07) is 15.1. The average molecular weight is 444 g/mol. The van der Waals surface area contributed by atoms with E-state index in [0.29, 0.717) is 28.2 Å². The minimum atomic E-state index is -0.831. The number of hydrogen-bond donors (Lipinski definition) is 1. The fourth-order valence-corrected chi connectivity index (χ4v) is 4.12. The van der Waals surface area contributed by atoms with Crippen LogP contribution in [0.15, 0.2) is 72.6 Å². The van der Waals surface area contributed by atoms with E-state index < -0.39 is 17.7 Å². The van der Waals surface area contributed by atoms with E-state index in [1.54, 1.807) is 68.9 Å². The first-order valence-electron chi connectivity index (χ1n) is 10.4. The van der Waals surface area contributed by atoms with E-state index in [1.165, 1.54) is 12.0 Å². The number of carbonyl (C=O) groups is 2. The Morgan fingerprint density at radius 2 is 1.85 bits per heavy atom. The van der Waals surface area contributed by atoms with Crippen molar-refractivity contribution < 1.29 is 24.2 Å². The molecular formula is C26H24N2O5. The maximum Gasteiger partial charge on any atom is 0.295 e. The lowest BCUT2D eigenvalue weighted by Crippen LogP contribution is -2.29. The molecule has 0 spiro atoms. The van der Waals surface area contributed by atoms with E-state index in [0.717, 1.165) is 5.56 Å². The van der Waals surface area contributed by atoms with Crippen molar-refractivity contribution in [2.45, 2.75) is 19.5 Å². The van der Waals surface area contributed by atoms with Gasteiger partial charge in [0.25, 0.3) is 11.7 Å². The number of pyridine rings is 1. The molecule has 4 rings (SSSR count). The number of rotatable bonds is 6. The Hall–Kier alpha value is -4.13. The summed E-state index contributed by atoms with van der Waals surface area (Å²) >= 11 is 0. The van der Waals surface area contributed by atoms with Crippen molar-refractivity contribution in [2.24, 2.45) is 0 Å². The molecule has 1 aromatic heterocycles. The number of aliphatic hydroxyl groups is 1. The highest BCUT2D eigenvalue weighted by molar-refractivity contribution is 6.46. The lowest BCUT2D eigenvalue weighted by atomic mass is 9.93. The second kappa shape index (κ2) is 9.16. The van der Waals surface area contributed by atoms with Gasteiger partial charge in [0.05, 0.1) is 25.8 Å². The van der Waals surface area contributed by atoms with Gasteiger partial charge in [0.2, 0.25) is 0 Å². The van der Waals surface area contributed by atoms with Gasteiger partial charge in [-0.3, -0.25) is 14.6 Å². The van der Waals surface area contributed by atoms with Crippen molar-refractivity contribution >= 4 is 17.4 Å². The number of aliphatic hydroxyl groups excluding tert-OH is 1. The number of carbonyl (C=O) groups excluding carboxylic acids is 2. The minimum Gasteiger partial charge on any atom is -0.507 e. The topological polar surface area (TPSA) is 89.0 Å². The molecule has 0 radical (unpaired) electrons. The fourth-order valence-electron chi connectivity index (χ4n) is 4.12. The van der Waals surface area contributed by atoms with Crippen LogP contribution >= 0.6 is 0 Å². The third kappa shape index (κ3) is 4.05. The number of Topliss-reactive ketones (excluding diaryl/α,β-unsaturated/α-hetero) is 1. The number of benzene rings is 2. The number of amides is 1. The summed E-state index contributed by atoms with van der Waals surface area (Å²) in [5.41, 5.74) is 2.55. The number of ketones is 1. The Morgan fingerprint density at radius 3 is 2.52 bits per heavy atom. The Bertz CT molecular complexity index is 1240. The first-order valence-corrected chi connectivity index (χ1v) is 10.4. The smallest absolute Gasteiger partial charge is 0.295 e. The number of nitrogens with zero attached hydrogens (tertiary/aromatic N) is 2. The van der Waals surface area contributed by atoms with Crippen molar-refractivity contribution in [1.82, 2.24) is 9.88 Å². The SMILES string of the molecule is COc1ccc(C(O)=C2C(=O)C(=O)N(Cc3cccnc3)C2c2ccccc2OC)c(C)c1. The maximum absolute atomic E-state index is 13.2. The highest BCUT2D eigenvalue weighted by atomic mass is 16.5. The summed E-state index contributed by atoms with van der Waals surface area (Å²) in [5, 5.41) is 11.3. The predicted octanol–water partition coefficient (Wildman–Crippen LogP) is 4.03. The van der Waals surface area contributed by atoms with Crippen LogP contribution in [0.1, 0.15) is 28.3 Å². The van der Waals surface area contributed by atoms with Crippen LogP contribution in [0, 0.1) is 6.92 Å². The number of para-hydroxylation sites is 1. The van der Waals surface area contributed by atoms with Gasteiger partial charge in [0, 0.05) is 30.1 Å². The normalized spacial score (nSPS) is 17.3. The molecule has 1 saturated heterocycles. The van der Waals surface area contributed by atoms with Crippen LogP contribution in [0.2, 0.25) is 0 Å². The molecule has 0 bridgehead atoms. The minimum absolute atomic E-state index is 0.0154. The first-order chi connectivity index (χ1) is 16.0. The Morgan fingerprint density at radius 1 is 1.06 bits per heavy atom. The van der Waals surface area contributed by atoms with Crippen LogP contribution in [0.3, 0.4) is 0 Å². The molecule has 3 aromatic rings. The lowest BCUT2D eigenvalue weighted by Gasteiger charge is -2.26. The van der Waals surface area contributed by atoms with Crippen LogP contribution in [0.4, 0.5) is 0 Å². The predicted molar refractivity (Wildman–Crippen MR) is 123 cm³/mol. The molecule has 7 nitrogen and oxygen atoms in total. The summed E-state index contributed by atoms with van der Waals surface area (Å²) in [4.78, 5) is 32.0. The number of likely N-dealkylation sites (tertiary alicyclic amines) is 1. The van der Waals surface area contributed by atoms with E-state index in [1.807, 2.05) is 12.1 Å². The number of methoxy groups -OCH3 is 2. The van der Waals surface area contributed by atoms with Gasteiger partial charge in [-0.25, -0.2) is 0 Å². The van der Waals surface area contributed by atoms with Gasteiger partial charge in [-0.2, -0.15) is 0 Å². The third-order valence-electron chi connectivity index (χ3n) is 5.74. The first kappa shape index (κ1) is 22.1. The second-order valence-electron chi connectivity index (χ2n) is 7.71. The molecule has 1 unspecified atom stereocenters. The van der Waals surface area contributed by atoms with Gasteiger partial charge in [0.15, 0.2) is 0 Å². The highest BCUT2D eigenvalue weighted by Gasteiger charge is 2.47. The largest absolute Gasteiger partial charge is 0.507 e. The van der Waals surface area contributed by atoms with Crippen LogP contribution in [-0.2, 0) is 16.1 Å². The molecule has 1 N–H and O–H groups in total. The summed E-state index contributed by atoms with van der Waals surface area (Å²) in [5.74, 6) is -0.539. The molecule has 2 aromatic carbocycles. The molecule has 1 amide bonds. The Balaban J connectivity index is 1.91. The van der Waals surface area contributed by atoms with Gasteiger partial charge < -0.3 is 19.5 Å². The van der Waals surface area contributed by atoms with Crippen molar-refractivity contribution in [3.8, 4) is 11.5 Å². The van der Waals surface area contributed by atoms with Gasteiger partial charge in [-0.15, -0.1) is 0 Å². The lowest BCUT2D eigenvalue weighted by molar-refractivity contribution is -0.140. The van der Waals surface area contributed by atoms with Crippen molar-refractivity contribution in [1.29, 1.82) is 0 Å². The molecule has 1 fully saturated rings. The number of ether oxygens (including phenoxy) is 2. The van der Waals surface area contributed by atoms with Gasteiger partial charge >= 0.3 is 0 Å². The zero-order valence-corrected chi connectivity index (χ0v) is 18.6. The summed E-state index contributed by atoms with van der Waals surface area (Å²) in [7, 11) is 3.08. The molecule has 0 saturated carbocycles. The maximum atomic E-state index is 13.2. The van der Waals surface area contributed by atoms with E-state index in [9.17, 15) is 14.7 Å². The summed E-state index contributed by atoms with van der Waals surface area (Å²) < 4.78 is 10.8. The van der Waals surface area contributed by atoms with Gasteiger partial charge in [0.1, 0.15) is 17.3 Å². The zero-order valence-electron chi connectivity index (χ0n) is 18.6. The van der Waals surface area contributed by atoms with Crippen molar-refractivity contribution in [3.63, 3.8) is 0 Å². The molecule has 168 valence electrons. The zero-order chi connectivity index (χ0) is 23.5. The molecule has 1 aliphatic heterocycles. The van der Waals surface area contributed by atoms with Crippen LogP contribution in [-0.4, -0.2) is 40.9 Å². The summed E-state index contributed by atoms with van der Waals surface area (Å²) in [6.07, 6.45) is 3.29. The standard InChI is InChI=1S/C26H24N2O5/c1-16-13-18(32-2)10-11-19(16)24(29)22-23(20-8-4-5-9-21(20)33-3)28(26(31)25(22)30)15-17-7-6-12-27-14-17/h4-14,23,29H,15H2,1-3H3. The Labute approximate surface area is 191 Å². The molecule has 7 heteroatoms. The second-order valence-corrected chi connectivity index (χ2v) is 7.71. The molecule has 1 atom stereocenters. The average Bonchev–Trinajstić information content (AvgIpc) is 3.09. The molecule has 2 heterocycles. The van der Waals surface area contributed by atoms with E-state index >= 15 is 0 Å². The van der Waals surface area contributed by atoms with E-state index in [2.05, 4.69) is 4.98 Å². The number of aromatic nitrogens is 1. The molecule has 33 heavy (non-hydrogen) atoms. The molecule has 0 aliphatic carbocycles. The fraction of sp³-hybridized carbons (Fsp3) is 0.192. The van der Waals surface area contributed by atoms with Crippen LogP contribution < -0.4 is 9.47 Å².